The van der Waals surface area contributed by atoms with Crippen molar-refractivity contribution < 1.29 is 9.63 Å². The predicted molar refractivity (Wildman–Crippen MR) is 54.2 cm³/mol. The van der Waals surface area contributed by atoms with Crippen molar-refractivity contribution in [1.29, 1.82) is 0 Å². The van der Waals surface area contributed by atoms with Crippen LogP contribution in [0.5, 0.6) is 0 Å². The number of nitrogens with zero attached hydrogens (tertiary/aromatic N) is 3. The highest BCUT2D eigenvalue weighted by atomic mass is 16.5. The maximum atomic E-state index is 9.79. The molecule has 0 radical (unpaired) electrons. The molecule has 1 fully saturated rings. The molecule has 0 aromatic carbocycles. The summed E-state index contributed by atoms with van der Waals surface area (Å²) in [5, 5.41) is 13.6. The molecule has 15 heavy (non-hydrogen) atoms. The van der Waals surface area contributed by atoms with Crippen LogP contribution in [-0.4, -0.2) is 38.8 Å². The summed E-state index contributed by atoms with van der Waals surface area (Å²) in [6.07, 6.45) is 1.62. The summed E-state index contributed by atoms with van der Waals surface area (Å²) in [5.41, 5.74) is -0.496. The highest BCUT2D eigenvalue weighted by molar-refractivity contribution is 4.87. The molecule has 1 aromatic heterocycles. The van der Waals surface area contributed by atoms with Crippen LogP contribution in [0.4, 0.5) is 0 Å². The maximum Gasteiger partial charge on any atom is 0.223 e. The third kappa shape index (κ3) is 2.76. The lowest BCUT2D eigenvalue weighted by molar-refractivity contribution is -0.00799. The van der Waals surface area contributed by atoms with E-state index in [0.29, 0.717) is 12.4 Å². The second-order valence-corrected chi connectivity index (χ2v) is 4.50. The van der Waals surface area contributed by atoms with Crippen LogP contribution in [0.2, 0.25) is 0 Å². The van der Waals surface area contributed by atoms with E-state index in [1.807, 2.05) is 6.92 Å². The van der Waals surface area contributed by atoms with Crippen LogP contribution in [0.15, 0.2) is 4.52 Å². The Balaban J connectivity index is 1.87. The molecule has 0 unspecified atom stereocenters. The molecule has 0 aliphatic carbocycles. The lowest BCUT2D eigenvalue weighted by Crippen LogP contribution is -2.42. The van der Waals surface area contributed by atoms with Crippen LogP contribution in [0.25, 0.3) is 0 Å². The van der Waals surface area contributed by atoms with E-state index in [0.717, 1.165) is 31.8 Å². The zero-order valence-electron chi connectivity index (χ0n) is 9.23. The van der Waals surface area contributed by atoms with Gasteiger partial charge in [-0.3, -0.25) is 4.90 Å². The first-order valence-electron chi connectivity index (χ1n) is 5.29. The third-order valence-electron chi connectivity index (χ3n) is 2.87. The van der Waals surface area contributed by atoms with E-state index < -0.39 is 5.60 Å². The van der Waals surface area contributed by atoms with E-state index in [1.54, 1.807) is 6.92 Å². The van der Waals surface area contributed by atoms with Crippen molar-refractivity contribution >= 4 is 0 Å². The van der Waals surface area contributed by atoms with Gasteiger partial charge >= 0.3 is 0 Å². The van der Waals surface area contributed by atoms with Gasteiger partial charge in [-0.2, -0.15) is 4.98 Å². The minimum Gasteiger partial charge on any atom is -0.390 e. The van der Waals surface area contributed by atoms with Gasteiger partial charge in [0.2, 0.25) is 5.89 Å². The Labute approximate surface area is 89.1 Å². The molecule has 1 aliphatic rings. The van der Waals surface area contributed by atoms with Crippen molar-refractivity contribution in [1.82, 2.24) is 15.0 Å². The lowest BCUT2D eigenvalue weighted by Gasteiger charge is -2.35. The van der Waals surface area contributed by atoms with E-state index in [-0.39, 0.29) is 0 Å². The zero-order valence-corrected chi connectivity index (χ0v) is 9.23. The quantitative estimate of drug-likeness (QED) is 0.781. The Bertz CT molecular complexity index is 325. The molecule has 5 nitrogen and oxygen atoms in total. The number of piperidine rings is 1. The summed E-state index contributed by atoms with van der Waals surface area (Å²) in [6.45, 7) is 6.18. The molecule has 0 amide bonds. The SMILES string of the molecule is Cc1nc(CN2CCC(C)(O)CC2)no1. The van der Waals surface area contributed by atoms with E-state index in [4.69, 9.17) is 4.52 Å². The fourth-order valence-electron chi connectivity index (χ4n) is 1.80. The topological polar surface area (TPSA) is 62.4 Å². The number of hydrogen-bond donors (Lipinski definition) is 1. The first kappa shape index (κ1) is 10.6. The van der Waals surface area contributed by atoms with Gasteiger partial charge in [0.05, 0.1) is 12.1 Å². The van der Waals surface area contributed by atoms with Crippen LogP contribution in [0.1, 0.15) is 31.5 Å². The van der Waals surface area contributed by atoms with Gasteiger partial charge in [0.25, 0.3) is 0 Å². The first-order valence-corrected chi connectivity index (χ1v) is 5.29. The average Bonchev–Trinajstić information content (AvgIpc) is 2.55. The monoisotopic (exact) mass is 211 g/mol. The molecule has 5 heteroatoms. The molecule has 1 saturated heterocycles. The average molecular weight is 211 g/mol. The zero-order chi connectivity index (χ0) is 10.9. The van der Waals surface area contributed by atoms with E-state index in [9.17, 15) is 5.11 Å². The predicted octanol–water partition coefficient (Wildman–Crippen LogP) is 0.725. The lowest BCUT2D eigenvalue weighted by atomic mass is 9.94. The molecule has 84 valence electrons. The van der Waals surface area contributed by atoms with Gasteiger partial charge in [0.1, 0.15) is 0 Å². The smallest absolute Gasteiger partial charge is 0.223 e. The normalized spacial score (nSPS) is 21.8. The molecule has 0 saturated carbocycles. The van der Waals surface area contributed by atoms with Crippen LogP contribution < -0.4 is 0 Å². The Kier molecular flexibility index (Phi) is 2.75. The van der Waals surface area contributed by atoms with E-state index in [1.165, 1.54) is 0 Å². The van der Waals surface area contributed by atoms with Crippen molar-refractivity contribution in [2.45, 2.75) is 38.8 Å². The van der Waals surface area contributed by atoms with Crippen molar-refractivity contribution in [2.75, 3.05) is 13.1 Å². The number of aliphatic hydroxyl groups is 1. The van der Waals surface area contributed by atoms with Crippen molar-refractivity contribution in [3.05, 3.63) is 11.7 Å². The van der Waals surface area contributed by atoms with E-state index in [2.05, 4.69) is 15.0 Å². The minimum atomic E-state index is -0.496. The molecule has 1 aromatic rings. The van der Waals surface area contributed by atoms with Crippen molar-refractivity contribution in [2.24, 2.45) is 0 Å². The summed E-state index contributed by atoms with van der Waals surface area (Å²) < 4.78 is 4.91. The standard InChI is InChI=1S/C10H17N3O2/c1-8-11-9(12-15-8)7-13-5-3-10(2,14)4-6-13/h14H,3-7H2,1-2H3. The summed E-state index contributed by atoms with van der Waals surface area (Å²) >= 11 is 0. The van der Waals surface area contributed by atoms with Crippen LogP contribution in [0, 0.1) is 6.92 Å². The van der Waals surface area contributed by atoms with Crippen LogP contribution >= 0.6 is 0 Å². The van der Waals surface area contributed by atoms with Gasteiger partial charge in [0.15, 0.2) is 5.82 Å². The molecular weight excluding hydrogens is 194 g/mol. The van der Waals surface area contributed by atoms with Crippen LogP contribution in [-0.2, 0) is 6.54 Å². The molecular formula is C10H17N3O2. The Morgan fingerprint density at radius 2 is 2.13 bits per heavy atom. The first-order chi connectivity index (χ1) is 7.05. The minimum absolute atomic E-state index is 0.496. The largest absolute Gasteiger partial charge is 0.390 e. The summed E-state index contributed by atoms with van der Waals surface area (Å²) in [5.74, 6) is 1.34. The fourth-order valence-corrected chi connectivity index (χ4v) is 1.80. The molecule has 0 bridgehead atoms. The summed E-state index contributed by atoms with van der Waals surface area (Å²) in [4.78, 5) is 6.40. The number of aryl methyl sites for hydroxylation is 1. The fraction of sp³-hybridized carbons (Fsp3) is 0.800. The summed E-state index contributed by atoms with van der Waals surface area (Å²) in [7, 11) is 0. The third-order valence-corrected chi connectivity index (χ3v) is 2.87. The number of likely N-dealkylation sites (tertiary alicyclic amines) is 1. The second kappa shape index (κ2) is 3.90. The molecule has 2 heterocycles. The maximum absolute atomic E-state index is 9.79. The van der Waals surface area contributed by atoms with Gasteiger partial charge in [-0.25, -0.2) is 0 Å². The molecule has 1 N–H and O–H groups in total. The van der Waals surface area contributed by atoms with Crippen molar-refractivity contribution in [3.8, 4) is 0 Å². The Morgan fingerprint density at radius 1 is 1.47 bits per heavy atom. The van der Waals surface area contributed by atoms with Gasteiger partial charge in [0, 0.05) is 20.0 Å². The highest BCUT2D eigenvalue weighted by Crippen LogP contribution is 2.21. The second-order valence-electron chi connectivity index (χ2n) is 4.50. The molecule has 1 aliphatic heterocycles. The highest BCUT2D eigenvalue weighted by Gasteiger charge is 2.27. The van der Waals surface area contributed by atoms with Gasteiger partial charge in [-0.1, -0.05) is 5.16 Å². The van der Waals surface area contributed by atoms with Crippen LogP contribution in [0.3, 0.4) is 0 Å². The molecule has 0 atom stereocenters. The Hall–Kier alpha value is -0.940. The molecule has 0 spiro atoms. The van der Waals surface area contributed by atoms with Gasteiger partial charge < -0.3 is 9.63 Å². The van der Waals surface area contributed by atoms with Gasteiger partial charge in [-0.15, -0.1) is 0 Å². The molecule has 2 rings (SSSR count). The summed E-state index contributed by atoms with van der Waals surface area (Å²) in [6, 6.07) is 0. The number of hydrogen-bond acceptors (Lipinski definition) is 5. The Morgan fingerprint density at radius 3 is 2.67 bits per heavy atom. The van der Waals surface area contributed by atoms with Gasteiger partial charge in [-0.05, 0) is 19.8 Å². The number of rotatable bonds is 2. The number of aromatic nitrogens is 2. The van der Waals surface area contributed by atoms with Crippen molar-refractivity contribution in [3.63, 3.8) is 0 Å². The van der Waals surface area contributed by atoms with E-state index >= 15 is 0 Å².